The van der Waals surface area contributed by atoms with Crippen LogP contribution < -0.4 is 10.2 Å². The second-order valence-electron chi connectivity index (χ2n) is 7.29. The first-order valence-electron chi connectivity index (χ1n) is 10.1. The van der Waals surface area contributed by atoms with E-state index in [1.165, 1.54) is 44.9 Å². The van der Waals surface area contributed by atoms with Gasteiger partial charge in [-0.15, -0.1) is 0 Å². The molecule has 2 fully saturated rings. The number of likely N-dealkylation sites (tertiary alicyclic amines) is 1. The first-order valence-corrected chi connectivity index (χ1v) is 10.1. The van der Waals surface area contributed by atoms with E-state index in [0.29, 0.717) is 6.04 Å². The summed E-state index contributed by atoms with van der Waals surface area (Å²) in [5.41, 5.74) is 0. The Kier molecular flexibility index (Phi) is 7.10. The summed E-state index contributed by atoms with van der Waals surface area (Å²) in [6.45, 7) is 7.76. The second kappa shape index (κ2) is 9.76. The van der Waals surface area contributed by atoms with Gasteiger partial charge in [-0.05, 0) is 31.7 Å². The third-order valence-electron chi connectivity index (χ3n) is 5.16. The number of nitrogens with zero attached hydrogens (tertiary/aromatic N) is 4. The van der Waals surface area contributed by atoms with E-state index in [0.717, 1.165) is 44.5 Å². The number of unbranched alkanes of at least 4 members (excludes halogenated alkanes) is 1. The first kappa shape index (κ1) is 18.2. The lowest BCUT2D eigenvalue weighted by molar-refractivity contribution is 0.373. The lowest BCUT2D eigenvalue weighted by Crippen LogP contribution is -2.28. The molecule has 0 saturated carbocycles. The van der Waals surface area contributed by atoms with E-state index in [9.17, 15) is 0 Å². The van der Waals surface area contributed by atoms with Crippen LogP contribution in [0.5, 0.6) is 0 Å². The van der Waals surface area contributed by atoms with E-state index in [1.807, 2.05) is 6.20 Å². The van der Waals surface area contributed by atoms with Crippen molar-refractivity contribution in [1.29, 1.82) is 0 Å². The van der Waals surface area contributed by atoms with Gasteiger partial charge in [0, 0.05) is 45.0 Å². The third-order valence-corrected chi connectivity index (χ3v) is 5.16. The highest BCUT2D eigenvalue weighted by Crippen LogP contribution is 2.19. The molecule has 3 rings (SSSR count). The van der Waals surface area contributed by atoms with E-state index >= 15 is 0 Å². The summed E-state index contributed by atoms with van der Waals surface area (Å²) in [5, 5.41) is 3.55. The molecule has 0 bridgehead atoms. The van der Waals surface area contributed by atoms with Crippen molar-refractivity contribution < 1.29 is 0 Å². The van der Waals surface area contributed by atoms with Crippen molar-refractivity contribution >= 4 is 11.8 Å². The fraction of sp³-hybridized carbons (Fsp3) is 0.700. The fourth-order valence-electron chi connectivity index (χ4n) is 3.70. The lowest BCUT2D eigenvalue weighted by Gasteiger charge is -2.22. The Morgan fingerprint density at radius 1 is 1.16 bits per heavy atom. The lowest BCUT2D eigenvalue weighted by atomic mass is 10.2. The van der Waals surface area contributed by atoms with Crippen molar-refractivity contribution in [2.75, 3.05) is 42.9 Å². The van der Waals surface area contributed by atoms with Crippen LogP contribution in [0.2, 0.25) is 0 Å². The SMILES string of the molecule is CCCC=CCN1CCC(Nc2nccc(N3CCCCCC3)n2)C1. The van der Waals surface area contributed by atoms with Gasteiger partial charge in [-0.3, -0.25) is 4.90 Å². The van der Waals surface area contributed by atoms with E-state index in [1.54, 1.807) is 0 Å². The monoisotopic (exact) mass is 343 g/mol. The molecule has 2 saturated heterocycles. The number of nitrogens with one attached hydrogen (secondary N) is 1. The molecule has 25 heavy (non-hydrogen) atoms. The molecular weight excluding hydrogens is 310 g/mol. The normalized spacial score (nSPS) is 22.4. The van der Waals surface area contributed by atoms with Crippen LogP contribution in [0.4, 0.5) is 11.8 Å². The minimum atomic E-state index is 0.457. The van der Waals surface area contributed by atoms with Crippen LogP contribution >= 0.6 is 0 Å². The third kappa shape index (κ3) is 5.70. The summed E-state index contributed by atoms with van der Waals surface area (Å²) in [7, 11) is 0. The molecule has 5 nitrogen and oxygen atoms in total. The van der Waals surface area contributed by atoms with Gasteiger partial charge in [0.05, 0.1) is 0 Å². The highest BCUT2D eigenvalue weighted by atomic mass is 15.3. The Labute approximate surface area is 152 Å². The molecule has 0 spiro atoms. The first-order chi connectivity index (χ1) is 12.3. The molecule has 2 aliphatic rings. The predicted octanol–water partition coefficient (Wildman–Crippen LogP) is 3.70. The van der Waals surface area contributed by atoms with Crippen LogP contribution in [0.3, 0.4) is 0 Å². The van der Waals surface area contributed by atoms with Gasteiger partial charge in [-0.2, -0.15) is 4.98 Å². The van der Waals surface area contributed by atoms with Gasteiger partial charge >= 0.3 is 0 Å². The molecule has 0 aliphatic carbocycles. The van der Waals surface area contributed by atoms with Crippen molar-refractivity contribution in [3.05, 3.63) is 24.4 Å². The van der Waals surface area contributed by atoms with Gasteiger partial charge in [0.25, 0.3) is 0 Å². The molecule has 138 valence electrons. The maximum absolute atomic E-state index is 4.78. The van der Waals surface area contributed by atoms with Crippen molar-refractivity contribution in [2.45, 2.75) is 57.9 Å². The van der Waals surface area contributed by atoms with Crippen molar-refractivity contribution in [3.63, 3.8) is 0 Å². The zero-order valence-corrected chi connectivity index (χ0v) is 15.7. The maximum Gasteiger partial charge on any atom is 0.224 e. The van der Waals surface area contributed by atoms with Crippen molar-refractivity contribution in [1.82, 2.24) is 14.9 Å². The number of anilines is 2. The average Bonchev–Trinajstić information content (AvgIpc) is 2.90. The summed E-state index contributed by atoms with van der Waals surface area (Å²) in [6.07, 6.45) is 15.3. The number of hydrogen-bond acceptors (Lipinski definition) is 5. The maximum atomic E-state index is 4.78. The molecule has 1 unspecified atom stereocenters. The molecule has 1 atom stereocenters. The fourth-order valence-corrected chi connectivity index (χ4v) is 3.70. The van der Waals surface area contributed by atoms with Crippen LogP contribution in [-0.2, 0) is 0 Å². The van der Waals surface area contributed by atoms with Crippen LogP contribution in [0.1, 0.15) is 51.9 Å². The minimum Gasteiger partial charge on any atom is -0.356 e. The minimum absolute atomic E-state index is 0.457. The van der Waals surface area contributed by atoms with Crippen molar-refractivity contribution in [2.24, 2.45) is 0 Å². The molecule has 1 N–H and O–H groups in total. The highest BCUT2D eigenvalue weighted by Gasteiger charge is 2.22. The molecule has 2 aliphatic heterocycles. The molecule has 0 aromatic carbocycles. The summed E-state index contributed by atoms with van der Waals surface area (Å²) < 4.78 is 0. The number of aromatic nitrogens is 2. The van der Waals surface area contributed by atoms with Gasteiger partial charge < -0.3 is 10.2 Å². The largest absolute Gasteiger partial charge is 0.356 e. The molecule has 1 aromatic heterocycles. The average molecular weight is 344 g/mol. The van der Waals surface area contributed by atoms with Gasteiger partial charge in [0.15, 0.2) is 0 Å². The smallest absolute Gasteiger partial charge is 0.224 e. The summed E-state index contributed by atoms with van der Waals surface area (Å²) in [4.78, 5) is 14.2. The van der Waals surface area contributed by atoms with Crippen molar-refractivity contribution in [3.8, 4) is 0 Å². The Bertz CT molecular complexity index is 537. The Balaban J connectivity index is 1.50. The molecular formula is C20H33N5. The summed E-state index contributed by atoms with van der Waals surface area (Å²) >= 11 is 0. The molecule has 3 heterocycles. The zero-order chi connectivity index (χ0) is 17.3. The molecule has 5 heteroatoms. The van der Waals surface area contributed by atoms with E-state index in [4.69, 9.17) is 4.98 Å². The Morgan fingerprint density at radius 2 is 2.00 bits per heavy atom. The van der Waals surface area contributed by atoms with E-state index in [-0.39, 0.29) is 0 Å². The van der Waals surface area contributed by atoms with Crippen LogP contribution in [0.25, 0.3) is 0 Å². The van der Waals surface area contributed by atoms with Gasteiger partial charge in [0.2, 0.25) is 5.95 Å². The number of hydrogen-bond donors (Lipinski definition) is 1. The quantitative estimate of drug-likeness (QED) is 0.765. The highest BCUT2D eigenvalue weighted by molar-refractivity contribution is 5.43. The Morgan fingerprint density at radius 3 is 2.80 bits per heavy atom. The van der Waals surface area contributed by atoms with Crippen LogP contribution in [-0.4, -0.2) is 53.6 Å². The van der Waals surface area contributed by atoms with Gasteiger partial charge in [0.1, 0.15) is 5.82 Å². The standard InChI is InChI=1S/C20H33N5/c1-2-3-4-7-13-24-16-11-18(17-24)22-20-21-12-10-19(23-20)25-14-8-5-6-9-15-25/h4,7,10,12,18H,2-3,5-6,8-9,11,13-17H2,1H3,(H,21,22,23). The van der Waals surface area contributed by atoms with Crippen LogP contribution in [0, 0.1) is 0 Å². The summed E-state index contributed by atoms with van der Waals surface area (Å²) in [6, 6.07) is 2.51. The Hall–Kier alpha value is -1.62. The van der Waals surface area contributed by atoms with E-state index < -0.39 is 0 Å². The van der Waals surface area contributed by atoms with Crippen LogP contribution in [0.15, 0.2) is 24.4 Å². The predicted molar refractivity (Wildman–Crippen MR) is 105 cm³/mol. The van der Waals surface area contributed by atoms with Gasteiger partial charge in [-0.25, -0.2) is 4.98 Å². The summed E-state index contributed by atoms with van der Waals surface area (Å²) in [5.74, 6) is 1.87. The molecule has 1 aromatic rings. The molecule has 0 amide bonds. The number of rotatable bonds is 7. The zero-order valence-electron chi connectivity index (χ0n) is 15.7. The van der Waals surface area contributed by atoms with Gasteiger partial charge in [-0.1, -0.05) is 38.3 Å². The second-order valence-corrected chi connectivity index (χ2v) is 7.29. The number of allylic oxidation sites excluding steroid dienone is 1. The molecule has 0 radical (unpaired) electrons. The van der Waals surface area contributed by atoms with E-state index in [2.05, 4.69) is 45.2 Å². The topological polar surface area (TPSA) is 44.3 Å².